The van der Waals surface area contributed by atoms with E-state index in [0.717, 1.165) is 11.3 Å². The molecule has 19 heavy (non-hydrogen) atoms. The second-order valence-corrected chi connectivity index (χ2v) is 4.05. The molecule has 0 saturated heterocycles. The van der Waals surface area contributed by atoms with Crippen LogP contribution in [0.25, 0.3) is 0 Å². The molecule has 0 aliphatic rings. The highest BCUT2D eigenvalue weighted by Gasteiger charge is 2.04. The Morgan fingerprint density at radius 1 is 1.05 bits per heavy atom. The molecule has 4 nitrogen and oxygen atoms in total. The van der Waals surface area contributed by atoms with Gasteiger partial charge in [0.2, 0.25) is 0 Å². The SMILES string of the molecule is CC(=O)Oc1ccccc1CNNc1ccccc1. The molecule has 2 aromatic carbocycles. The van der Waals surface area contributed by atoms with Crippen LogP contribution >= 0.6 is 0 Å². The summed E-state index contributed by atoms with van der Waals surface area (Å²) in [6, 6.07) is 17.2. The number of carbonyl (C=O) groups is 1. The normalized spacial score (nSPS) is 9.95. The summed E-state index contributed by atoms with van der Waals surface area (Å²) in [5.41, 5.74) is 8.07. The smallest absolute Gasteiger partial charge is 0.308 e. The second-order valence-electron chi connectivity index (χ2n) is 4.05. The first-order valence-corrected chi connectivity index (χ1v) is 6.06. The number of hydrogen-bond donors (Lipinski definition) is 2. The fraction of sp³-hybridized carbons (Fsp3) is 0.133. The van der Waals surface area contributed by atoms with Gasteiger partial charge in [0.25, 0.3) is 0 Å². The van der Waals surface area contributed by atoms with Gasteiger partial charge >= 0.3 is 5.97 Å². The van der Waals surface area contributed by atoms with Gasteiger partial charge in [-0.2, -0.15) is 0 Å². The van der Waals surface area contributed by atoms with Crippen molar-refractivity contribution in [2.24, 2.45) is 0 Å². The maximum atomic E-state index is 11.0. The molecule has 0 atom stereocenters. The molecule has 98 valence electrons. The third kappa shape index (κ3) is 4.12. The highest BCUT2D eigenvalue weighted by atomic mass is 16.5. The standard InChI is InChI=1S/C15H16N2O2/c1-12(18)19-15-10-6-5-7-13(15)11-16-17-14-8-3-2-4-9-14/h2-10,16-17H,11H2,1H3. The fourth-order valence-corrected chi connectivity index (χ4v) is 1.67. The van der Waals surface area contributed by atoms with Crippen molar-refractivity contribution in [1.82, 2.24) is 5.43 Å². The van der Waals surface area contributed by atoms with E-state index in [4.69, 9.17) is 4.74 Å². The lowest BCUT2D eigenvalue weighted by Gasteiger charge is -2.11. The molecule has 0 aliphatic heterocycles. The molecule has 2 N–H and O–H groups in total. The van der Waals surface area contributed by atoms with Gasteiger partial charge in [0, 0.05) is 24.7 Å². The molecule has 0 spiro atoms. The Kier molecular flexibility index (Phi) is 4.53. The zero-order chi connectivity index (χ0) is 13.5. The summed E-state index contributed by atoms with van der Waals surface area (Å²) in [5.74, 6) is 0.265. The van der Waals surface area contributed by atoms with Gasteiger partial charge in [-0.1, -0.05) is 36.4 Å². The molecule has 0 unspecified atom stereocenters. The molecule has 0 heterocycles. The van der Waals surface area contributed by atoms with Gasteiger partial charge in [-0.3, -0.25) is 4.79 Å². The summed E-state index contributed by atoms with van der Waals surface area (Å²) < 4.78 is 5.14. The summed E-state index contributed by atoms with van der Waals surface area (Å²) in [6.45, 7) is 1.95. The van der Waals surface area contributed by atoms with Crippen molar-refractivity contribution in [3.05, 3.63) is 60.2 Å². The summed E-state index contributed by atoms with van der Waals surface area (Å²) in [4.78, 5) is 11.0. The molecule has 2 rings (SSSR count). The van der Waals surface area contributed by atoms with Crippen molar-refractivity contribution in [3.63, 3.8) is 0 Å². The van der Waals surface area contributed by atoms with Crippen molar-refractivity contribution < 1.29 is 9.53 Å². The van der Waals surface area contributed by atoms with Gasteiger partial charge in [0.15, 0.2) is 0 Å². The maximum absolute atomic E-state index is 11.0. The van der Waals surface area contributed by atoms with Crippen LogP contribution in [0.5, 0.6) is 5.75 Å². The van der Waals surface area contributed by atoms with Crippen LogP contribution in [0, 0.1) is 0 Å². The predicted molar refractivity (Wildman–Crippen MR) is 74.7 cm³/mol. The molecule has 0 saturated carbocycles. The Morgan fingerprint density at radius 2 is 1.74 bits per heavy atom. The Hall–Kier alpha value is -2.33. The number of anilines is 1. The number of carbonyl (C=O) groups excluding carboxylic acids is 1. The van der Waals surface area contributed by atoms with E-state index < -0.39 is 0 Å². The molecule has 2 aromatic rings. The van der Waals surface area contributed by atoms with Crippen LogP contribution < -0.4 is 15.6 Å². The van der Waals surface area contributed by atoms with Gasteiger partial charge in [-0.15, -0.1) is 0 Å². The highest BCUT2D eigenvalue weighted by molar-refractivity contribution is 5.69. The summed E-state index contributed by atoms with van der Waals surface area (Å²) in [7, 11) is 0. The third-order valence-electron chi connectivity index (χ3n) is 2.51. The summed E-state index contributed by atoms with van der Waals surface area (Å²) in [5, 5.41) is 0. The van der Waals surface area contributed by atoms with E-state index >= 15 is 0 Å². The maximum Gasteiger partial charge on any atom is 0.308 e. The minimum atomic E-state index is -0.316. The largest absolute Gasteiger partial charge is 0.426 e. The first kappa shape index (κ1) is 13.1. The Morgan fingerprint density at radius 3 is 2.47 bits per heavy atom. The van der Waals surface area contributed by atoms with E-state index in [-0.39, 0.29) is 5.97 Å². The zero-order valence-electron chi connectivity index (χ0n) is 10.7. The van der Waals surface area contributed by atoms with Gasteiger partial charge in [0.05, 0.1) is 0 Å². The summed E-state index contributed by atoms with van der Waals surface area (Å²) in [6.07, 6.45) is 0. The first-order chi connectivity index (χ1) is 9.25. The van der Waals surface area contributed by atoms with Crippen LogP contribution in [0.4, 0.5) is 5.69 Å². The minimum absolute atomic E-state index is 0.316. The molecule has 0 amide bonds. The van der Waals surface area contributed by atoms with Crippen LogP contribution in [0.15, 0.2) is 54.6 Å². The van der Waals surface area contributed by atoms with E-state index in [2.05, 4.69) is 10.9 Å². The number of para-hydroxylation sites is 2. The Bertz CT molecular complexity index is 541. The zero-order valence-corrected chi connectivity index (χ0v) is 10.7. The van der Waals surface area contributed by atoms with Crippen LogP contribution in [0.3, 0.4) is 0 Å². The van der Waals surface area contributed by atoms with Gasteiger partial charge in [-0.25, -0.2) is 5.43 Å². The van der Waals surface area contributed by atoms with Crippen LogP contribution in [-0.2, 0) is 11.3 Å². The third-order valence-corrected chi connectivity index (χ3v) is 2.51. The van der Waals surface area contributed by atoms with Crippen molar-refractivity contribution >= 4 is 11.7 Å². The monoisotopic (exact) mass is 256 g/mol. The number of rotatable bonds is 5. The average molecular weight is 256 g/mol. The average Bonchev–Trinajstić information content (AvgIpc) is 2.41. The van der Waals surface area contributed by atoms with Crippen molar-refractivity contribution in [2.75, 3.05) is 5.43 Å². The highest BCUT2D eigenvalue weighted by Crippen LogP contribution is 2.17. The lowest BCUT2D eigenvalue weighted by Crippen LogP contribution is -2.21. The molecular formula is C15H16N2O2. The van der Waals surface area contributed by atoms with E-state index in [9.17, 15) is 4.79 Å². The fourth-order valence-electron chi connectivity index (χ4n) is 1.67. The Labute approximate surface area is 112 Å². The quantitative estimate of drug-likeness (QED) is 0.490. The number of nitrogens with one attached hydrogen (secondary N) is 2. The number of hydrogen-bond acceptors (Lipinski definition) is 4. The molecule has 0 bridgehead atoms. The van der Waals surface area contributed by atoms with Crippen LogP contribution in [0.2, 0.25) is 0 Å². The van der Waals surface area contributed by atoms with Crippen molar-refractivity contribution in [1.29, 1.82) is 0 Å². The predicted octanol–water partition coefficient (Wildman–Crippen LogP) is 2.73. The topological polar surface area (TPSA) is 50.4 Å². The van der Waals surface area contributed by atoms with E-state index in [0.29, 0.717) is 12.3 Å². The van der Waals surface area contributed by atoms with Gasteiger partial charge < -0.3 is 10.2 Å². The minimum Gasteiger partial charge on any atom is -0.426 e. The van der Waals surface area contributed by atoms with E-state index in [1.165, 1.54) is 6.92 Å². The van der Waals surface area contributed by atoms with Crippen LogP contribution in [-0.4, -0.2) is 5.97 Å². The molecule has 0 aromatic heterocycles. The number of hydrazine groups is 1. The molecular weight excluding hydrogens is 240 g/mol. The number of ether oxygens (including phenoxy) is 1. The van der Waals surface area contributed by atoms with Crippen LogP contribution in [0.1, 0.15) is 12.5 Å². The first-order valence-electron chi connectivity index (χ1n) is 6.06. The Balaban J connectivity index is 1.94. The van der Waals surface area contributed by atoms with Gasteiger partial charge in [0.1, 0.15) is 5.75 Å². The number of benzene rings is 2. The second kappa shape index (κ2) is 6.56. The van der Waals surface area contributed by atoms with Crippen molar-refractivity contribution in [2.45, 2.75) is 13.5 Å². The van der Waals surface area contributed by atoms with Gasteiger partial charge in [-0.05, 0) is 18.2 Å². The van der Waals surface area contributed by atoms with Crippen molar-refractivity contribution in [3.8, 4) is 5.75 Å². The molecule has 0 radical (unpaired) electrons. The molecule has 4 heteroatoms. The lowest BCUT2D eigenvalue weighted by atomic mass is 10.2. The molecule has 0 aliphatic carbocycles. The van der Waals surface area contributed by atoms with E-state index in [1.807, 2.05) is 48.5 Å². The molecule has 0 fully saturated rings. The number of esters is 1. The van der Waals surface area contributed by atoms with E-state index in [1.54, 1.807) is 6.07 Å². The summed E-state index contributed by atoms with van der Waals surface area (Å²) >= 11 is 0. The lowest BCUT2D eigenvalue weighted by molar-refractivity contribution is -0.131.